The van der Waals surface area contributed by atoms with Gasteiger partial charge < -0.3 is 10.4 Å². The molecule has 0 radical (unpaired) electrons. The minimum atomic E-state index is -1.40. The van der Waals surface area contributed by atoms with Gasteiger partial charge in [0.05, 0.1) is 20.7 Å². The number of aromatic carboxylic acids is 1. The van der Waals surface area contributed by atoms with Crippen molar-refractivity contribution in [1.82, 2.24) is 4.98 Å². The van der Waals surface area contributed by atoms with E-state index in [2.05, 4.69) is 26.2 Å². The number of pyridine rings is 1. The maximum Gasteiger partial charge on any atom is 0.337 e. The van der Waals surface area contributed by atoms with Crippen LogP contribution in [0.2, 0.25) is 5.02 Å². The summed E-state index contributed by atoms with van der Waals surface area (Å²) < 4.78 is 27.3. The molecule has 0 amide bonds. The van der Waals surface area contributed by atoms with E-state index in [1.54, 1.807) is 13.0 Å². The zero-order valence-electron chi connectivity index (χ0n) is 10.5. The van der Waals surface area contributed by atoms with Crippen LogP contribution in [-0.4, -0.2) is 16.1 Å². The van der Waals surface area contributed by atoms with Gasteiger partial charge in [-0.3, -0.25) is 0 Å². The van der Waals surface area contributed by atoms with Crippen LogP contribution in [0.4, 0.5) is 20.3 Å². The van der Waals surface area contributed by atoms with Crippen molar-refractivity contribution in [3.8, 4) is 0 Å². The minimum absolute atomic E-state index is 0.183. The van der Waals surface area contributed by atoms with Gasteiger partial charge in [-0.2, -0.15) is 0 Å². The summed E-state index contributed by atoms with van der Waals surface area (Å²) in [7, 11) is 0. The summed E-state index contributed by atoms with van der Waals surface area (Å²) in [6, 6.07) is 2.54. The molecule has 8 heteroatoms. The summed E-state index contributed by atoms with van der Waals surface area (Å²) in [5.41, 5.74) is -0.361. The molecule has 4 nitrogen and oxygen atoms in total. The Balaban J connectivity index is 2.57. The molecular formula is C13H8BrClF2N2O2. The molecule has 1 aromatic carbocycles. The van der Waals surface area contributed by atoms with E-state index in [9.17, 15) is 13.6 Å². The van der Waals surface area contributed by atoms with Crippen molar-refractivity contribution < 1.29 is 18.7 Å². The van der Waals surface area contributed by atoms with Crippen LogP contribution in [0.3, 0.4) is 0 Å². The first-order valence-electron chi connectivity index (χ1n) is 5.61. The third-order valence-corrected chi connectivity index (χ3v) is 3.46. The normalized spacial score (nSPS) is 10.5. The molecule has 0 fully saturated rings. The van der Waals surface area contributed by atoms with Crippen LogP contribution in [0.25, 0.3) is 0 Å². The van der Waals surface area contributed by atoms with Crippen molar-refractivity contribution in [2.45, 2.75) is 6.92 Å². The van der Waals surface area contributed by atoms with Gasteiger partial charge in [0.1, 0.15) is 5.82 Å². The molecule has 1 aromatic heterocycles. The van der Waals surface area contributed by atoms with Gasteiger partial charge in [0.25, 0.3) is 0 Å². The predicted molar refractivity (Wildman–Crippen MR) is 78.3 cm³/mol. The molecule has 0 saturated carbocycles. The number of nitrogens with one attached hydrogen (secondary N) is 1. The maximum atomic E-state index is 14.0. The van der Waals surface area contributed by atoms with Crippen molar-refractivity contribution in [3.05, 3.63) is 50.6 Å². The third-order valence-electron chi connectivity index (χ3n) is 2.68. The Morgan fingerprint density at radius 2 is 2.05 bits per heavy atom. The van der Waals surface area contributed by atoms with E-state index < -0.39 is 28.9 Å². The molecule has 0 saturated heterocycles. The third kappa shape index (κ3) is 3.14. The lowest BCUT2D eigenvalue weighted by atomic mass is 10.1. The van der Waals surface area contributed by atoms with Gasteiger partial charge in [-0.15, -0.1) is 0 Å². The number of anilines is 2. The summed E-state index contributed by atoms with van der Waals surface area (Å²) in [5, 5.41) is 12.0. The van der Waals surface area contributed by atoms with E-state index >= 15 is 0 Å². The number of hydrogen-bond donors (Lipinski definition) is 2. The van der Waals surface area contributed by atoms with Gasteiger partial charge in [-0.1, -0.05) is 11.6 Å². The number of aromatic nitrogens is 1. The molecule has 0 aliphatic heterocycles. The second kappa shape index (κ2) is 5.95. The number of benzene rings is 1. The van der Waals surface area contributed by atoms with Crippen LogP contribution in [0.15, 0.2) is 22.8 Å². The Morgan fingerprint density at radius 3 is 2.62 bits per heavy atom. The van der Waals surface area contributed by atoms with Crippen LogP contribution in [0, 0.1) is 18.6 Å². The Labute approximate surface area is 131 Å². The SMILES string of the molecule is Cc1cc(Cl)cnc1Nc1c(C(=O)O)cc(Br)c(F)c1F. The van der Waals surface area contributed by atoms with Crippen LogP contribution in [0.1, 0.15) is 15.9 Å². The quantitative estimate of drug-likeness (QED) is 0.772. The standard InChI is InChI=1S/C13H8BrClF2N2O2/c1-5-2-6(15)4-18-12(5)19-11-7(13(20)21)3-8(14)9(16)10(11)17/h2-4H,1H3,(H,18,19)(H,20,21). The topological polar surface area (TPSA) is 62.2 Å². The largest absolute Gasteiger partial charge is 0.478 e. The van der Waals surface area contributed by atoms with Crippen molar-refractivity contribution in [2.75, 3.05) is 5.32 Å². The fourth-order valence-corrected chi connectivity index (χ4v) is 2.29. The highest BCUT2D eigenvalue weighted by atomic mass is 79.9. The summed E-state index contributed by atoms with van der Waals surface area (Å²) in [6.45, 7) is 1.65. The van der Waals surface area contributed by atoms with Gasteiger partial charge in [0, 0.05) is 6.20 Å². The van der Waals surface area contributed by atoms with Crippen molar-refractivity contribution in [2.24, 2.45) is 0 Å². The summed E-state index contributed by atoms with van der Waals surface area (Å²) in [6.07, 6.45) is 1.31. The molecular weight excluding hydrogens is 370 g/mol. The number of nitrogens with zero attached hydrogens (tertiary/aromatic N) is 1. The highest BCUT2D eigenvalue weighted by molar-refractivity contribution is 9.10. The van der Waals surface area contributed by atoms with Gasteiger partial charge in [0.15, 0.2) is 11.6 Å². The molecule has 21 heavy (non-hydrogen) atoms. The first-order valence-corrected chi connectivity index (χ1v) is 6.78. The zero-order chi connectivity index (χ0) is 15.7. The second-order valence-electron chi connectivity index (χ2n) is 4.16. The predicted octanol–water partition coefficient (Wildman–Crippen LogP) is 4.53. The number of aryl methyl sites for hydroxylation is 1. The Hall–Kier alpha value is -1.73. The molecule has 0 unspecified atom stereocenters. The van der Waals surface area contributed by atoms with Crippen LogP contribution >= 0.6 is 27.5 Å². The Bertz CT molecular complexity index is 741. The van der Waals surface area contributed by atoms with Crippen LogP contribution in [0.5, 0.6) is 0 Å². The fourth-order valence-electron chi connectivity index (χ4n) is 1.68. The second-order valence-corrected chi connectivity index (χ2v) is 5.45. The lowest BCUT2D eigenvalue weighted by molar-refractivity contribution is 0.0697. The smallest absolute Gasteiger partial charge is 0.337 e. The molecule has 0 aliphatic carbocycles. The monoisotopic (exact) mass is 376 g/mol. The Kier molecular flexibility index (Phi) is 4.43. The van der Waals surface area contributed by atoms with Crippen LogP contribution < -0.4 is 5.32 Å². The minimum Gasteiger partial charge on any atom is -0.478 e. The molecule has 2 aromatic rings. The van der Waals surface area contributed by atoms with E-state index in [1.165, 1.54) is 6.20 Å². The van der Waals surface area contributed by atoms with E-state index in [0.717, 1.165) is 6.07 Å². The number of carbonyl (C=O) groups is 1. The van der Waals surface area contributed by atoms with Gasteiger partial charge in [-0.05, 0) is 40.5 Å². The lowest BCUT2D eigenvalue weighted by Crippen LogP contribution is -2.08. The molecule has 0 bridgehead atoms. The zero-order valence-corrected chi connectivity index (χ0v) is 12.9. The highest BCUT2D eigenvalue weighted by Crippen LogP contribution is 2.31. The maximum absolute atomic E-state index is 14.0. The summed E-state index contributed by atoms with van der Waals surface area (Å²) >= 11 is 8.52. The van der Waals surface area contributed by atoms with Gasteiger partial charge in [0.2, 0.25) is 0 Å². The number of rotatable bonds is 3. The number of carboxylic acid groups (broad SMARTS) is 1. The van der Waals surface area contributed by atoms with Crippen LogP contribution in [-0.2, 0) is 0 Å². The number of halogens is 4. The van der Waals surface area contributed by atoms with Gasteiger partial charge in [-0.25, -0.2) is 18.6 Å². The van der Waals surface area contributed by atoms with Gasteiger partial charge >= 0.3 is 5.97 Å². The highest BCUT2D eigenvalue weighted by Gasteiger charge is 2.22. The number of hydrogen-bond acceptors (Lipinski definition) is 3. The average Bonchev–Trinajstić information content (AvgIpc) is 2.41. The van der Waals surface area contributed by atoms with E-state index in [4.69, 9.17) is 16.7 Å². The van der Waals surface area contributed by atoms with Crippen molar-refractivity contribution >= 4 is 45.0 Å². The molecule has 2 rings (SSSR count). The first kappa shape index (κ1) is 15.7. The Morgan fingerprint density at radius 1 is 1.38 bits per heavy atom. The lowest BCUT2D eigenvalue weighted by Gasteiger charge is -2.13. The molecule has 110 valence electrons. The molecule has 0 atom stereocenters. The molecule has 1 heterocycles. The fraction of sp³-hybridized carbons (Fsp3) is 0.0769. The van der Waals surface area contributed by atoms with E-state index in [-0.39, 0.29) is 10.3 Å². The van der Waals surface area contributed by atoms with Crippen molar-refractivity contribution in [3.63, 3.8) is 0 Å². The van der Waals surface area contributed by atoms with Crippen molar-refractivity contribution in [1.29, 1.82) is 0 Å². The number of carboxylic acids is 1. The average molecular weight is 378 g/mol. The first-order chi connectivity index (χ1) is 9.81. The van der Waals surface area contributed by atoms with E-state index in [0.29, 0.717) is 10.6 Å². The summed E-state index contributed by atoms with van der Waals surface area (Å²) in [4.78, 5) is 15.1. The molecule has 0 aliphatic rings. The summed E-state index contributed by atoms with van der Waals surface area (Å²) in [5.74, 6) is -3.71. The molecule has 2 N–H and O–H groups in total. The van der Waals surface area contributed by atoms with E-state index in [1.807, 2.05) is 0 Å². The molecule has 0 spiro atoms.